The first-order valence-electron chi connectivity index (χ1n) is 4.20. The van der Waals surface area contributed by atoms with Gasteiger partial charge in [0, 0.05) is 5.56 Å². The monoisotopic (exact) mass is 192 g/mol. The van der Waals surface area contributed by atoms with Crippen molar-refractivity contribution in [3.05, 3.63) is 29.8 Å². The minimum atomic E-state index is -0.900. The van der Waals surface area contributed by atoms with E-state index in [0.717, 1.165) is 0 Å². The first kappa shape index (κ1) is 8.90. The smallest absolute Gasteiger partial charge is 0.380 e. The van der Waals surface area contributed by atoms with Gasteiger partial charge in [0.15, 0.2) is 0 Å². The molecule has 0 radical (unpaired) electrons. The maximum atomic E-state index is 11.3. The number of benzene rings is 1. The number of hydrogen-bond donors (Lipinski definition) is 1. The lowest BCUT2D eigenvalue weighted by Gasteiger charge is -2.20. The molecule has 1 N–H and O–H groups in total. The molecule has 0 spiro atoms. The first-order valence-corrected chi connectivity index (χ1v) is 4.20. The van der Waals surface area contributed by atoms with Gasteiger partial charge in [-0.25, -0.2) is 4.79 Å². The summed E-state index contributed by atoms with van der Waals surface area (Å²) < 4.78 is 4.78. The van der Waals surface area contributed by atoms with Crippen molar-refractivity contribution in [2.24, 2.45) is 0 Å². The molecule has 14 heavy (non-hydrogen) atoms. The first-order chi connectivity index (χ1) is 6.74. The Morgan fingerprint density at radius 1 is 1.29 bits per heavy atom. The van der Waals surface area contributed by atoms with Crippen molar-refractivity contribution in [1.82, 2.24) is 0 Å². The fraction of sp³-hybridized carbons (Fsp3) is 0.200. The summed E-state index contributed by atoms with van der Waals surface area (Å²) in [7, 11) is 0. The van der Waals surface area contributed by atoms with Gasteiger partial charge in [0.2, 0.25) is 5.78 Å². The number of carbonyl (C=O) groups is 2. The number of ketones is 1. The highest BCUT2D eigenvalue weighted by Crippen LogP contribution is 2.31. The second kappa shape index (κ2) is 3.23. The summed E-state index contributed by atoms with van der Waals surface area (Å²) in [6.45, 7) is -0.370. The number of ether oxygens (including phenoxy) is 1. The number of para-hydroxylation sites is 1. The van der Waals surface area contributed by atoms with Gasteiger partial charge in [0.05, 0.1) is 12.5 Å². The van der Waals surface area contributed by atoms with Gasteiger partial charge < -0.3 is 9.84 Å². The maximum absolute atomic E-state index is 11.3. The number of Topliss-reactive ketones (excluding diaryl/α,β-unsaturated/α-hetero) is 1. The van der Waals surface area contributed by atoms with Gasteiger partial charge in [0.1, 0.15) is 5.75 Å². The van der Waals surface area contributed by atoms with Crippen molar-refractivity contribution in [2.75, 3.05) is 6.61 Å². The Bertz CT molecular complexity index is 397. The molecule has 0 amide bonds. The van der Waals surface area contributed by atoms with Crippen molar-refractivity contribution in [3.63, 3.8) is 0 Å². The topological polar surface area (TPSA) is 63.6 Å². The van der Waals surface area contributed by atoms with E-state index < -0.39 is 17.7 Å². The zero-order chi connectivity index (χ0) is 10.1. The van der Waals surface area contributed by atoms with Crippen LogP contribution < -0.4 is 4.74 Å². The summed E-state index contributed by atoms with van der Waals surface area (Å²) in [5.74, 6) is -2.00. The normalized spacial score (nSPS) is 20.2. The molecule has 0 saturated carbocycles. The molecular weight excluding hydrogens is 184 g/mol. The highest BCUT2D eigenvalue weighted by molar-refractivity contribution is 6.37. The van der Waals surface area contributed by atoms with Crippen LogP contribution in [0.1, 0.15) is 11.5 Å². The van der Waals surface area contributed by atoms with Crippen LogP contribution in [0.3, 0.4) is 0 Å². The van der Waals surface area contributed by atoms with E-state index in [9.17, 15) is 9.59 Å². The second-order valence-corrected chi connectivity index (χ2v) is 3.03. The van der Waals surface area contributed by atoms with Crippen LogP contribution in [0.2, 0.25) is 0 Å². The maximum Gasteiger partial charge on any atom is 0.380 e. The van der Waals surface area contributed by atoms with Crippen molar-refractivity contribution in [3.8, 4) is 5.75 Å². The molecule has 1 heterocycles. The lowest BCUT2D eigenvalue weighted by molar-refractivity contribution is -0.149. The number of aliphatic hydroxyl groups is 1. The Hall–Kier alpha value is -1.68. The molecule has 1 aliphatic heterocycles. The average Bonchev–Trinajstić information content (AvgIpc) is 2.20. The van der Waals surface area contributed by atoms with E-state index in [4.69, 9.17) is 9.84 Å². The molecule has 4 nitrogen and oxygen atoms in total. The molecule has 2 rings (SSSR count). The van der Waals surface area contributed by atoms with E-state index >= 15 is 0 Å². The van der Waals surface area contributed by atoms with Gasteiger partial charge in [-0.1, -0.05) is 18.2 Å². The third-order valence-electron chi connectivity index (χ3n) is 2.20. The van der Waals surface area contributed by atoms with Crippen molar-refractivity contribution < 1.29 is 19.4 Å². The molecule has 1 atom stereocenters. The van der Waals surface area contributed by atoms with Crippen molar-refractivity contribution in [2.45, 2.75) is 5.92 Å². The van der Waals surface area contributed by atoms with E-state index in [1.165, 1.54) is 0 Å². The summed E-state index contributed by atoms with van der Waals surface area (Å²) in [5.41, 5.74) is 0.569. The third-order valence-corrected chi connectivity index (χ3v) is 2.20. The summed E-state index contributed by atoms with van der Waals surface area (Å²) in [6, 6.07) is 6.70. The van der Waals surface area contributed by atoms with Crippen LogP contribution in [0.4, 0.5) is 0 Å². The molecule has 0 saturated heterocycles. The molecule has 1 aromatic rings. The van der Waals surface area contributed by atoms with E-state index in [-0.39, 0.29) is 6.61 Å². The zero-order valence-corrected chi connectivity index (χ0v) is 7.27. The Morgan fingerprint density at radius 2 is 2.00 bits per heavy atom. The fourth-order valence-corrected chi connectivity index (χ4v) is 1.48. The van der Waals surface area contributed by atoms with E-state index in [1.807, 2.05) is 0 Å². The number of esters is 1. The Kier molecular flexibility index (Phi) is 2.05. The summed E-state index contributed by atoms with van der Waals surface area (Å²) in [4.78, 5) is 22.3. The van der Waals surface area contributed by atoms with Crippen molar-refractivity contribution >= 4 is 11.8 Å². The van der Waals surface area contributed by atoms with Gasteiger partial charge in [0.25, 0.3) is 0 Å². The van der Waals surface area contributed by atoms with Crippen LogP contribution in [0.5, 0.6) is 5.75 Å². The zero-order valence-electron chi connectivity index (χ0n) is 7.27. The predicted octanol–water partition coefficient (Wildman–Crippen LogP) is 0.251. The average molecular weight is 192 g/mol. The minimum Gasteiger partial charge on any atom is -0.420 e. The van der Waals surface area contributed by atoms with Crippen LogP contribution >= 0.6 is 0 Å². The largest absolute Gasteiger partial charge is 0.420 e. The highest BCUT2D eigenvalue weighted by Gasteiger charge is 2.35. The van der Waals surface area contributed by atoms with E-state index in [1.54, 1.807) is 24.3 Å². The molecule has 0 aromatic heterocycles. The van der Waals surface area contributed by atoms with Gasteiger partial charge in [-0.15, -0.1) is 0 Å². The van der Waals surface area contributed by atoms with E-state index in [0.29, 0.717) is 11.3 Å². The highest BCUT2D eigenvalue weighted by atomic mass is 16.5. The molecule has 0 bridgehead atoms. The minimum absolute atomic E-state index is 0.358. The molecule has 0 fully saturated rings. The molecular formula is C10H8O4. The molecule has 1 unspecified atom stereocenters. The predicted molar refractivity (Wildman–Crippen MR) is 46.9 cm³/mol. The van der Waals surface area contributed by atoms with Gasteiger partial charge >= 0.3 is 5.97 Å². The van der Waals surface area contributed by atoms with Crippen LogP contribution in [0, 0.1) is 0 Å². The second-order valence-electron chi connectivity index (χ2n) is 3.03. The molecule has 0 aliphatic carbocycles. The molecule has 1 aromatic carbocycles. The number of carbonyl (C=O) groups excluding carboxylic acids is 2. The van der Waals surface area contributed by atoms with Gasteiger partial charge in [-0.2, -0.15) is 0 Å². The molecule has 1 aliphatic rings. The number of aliphatic hydroxyl groups excluding tert-OH is 1. The van der Waals surface area contributed by atoms with Crippen LogP contribution in [0.15, 0.2) is 24.3 Å². The Morgan fingerprint density at radius 3 is 2.71 bits per heavy atom. The van der Waals surface area contributed by atoms with Crippen LogP contribution in [-0.4, -0.2) is 23.5 Å². The molecule has 72 valence electrons. The van der Waals surface area contributed by atoms with Crippen LogP contribution in [-0.2, 0) is 9.59 Å². The fourth-order valence-electron chi connectivity index (χ4n) is 1.48. The summed E-state index contributed by atoms with van der Waals surface area (Å²) in [5, 5.41) is 9.00. The lowest BCUT2D eigenvalue weighted by atomic mass is 9.93. The SMILES string of the molecule is O=C1Oc2ccccc2C(CO)C1=O. The quantitative estimate of drug-likeness (QED) is 0.393. The molecule has 4 heteroatoms. The number of hydrogen-bond acceptors (Lipinski definition) is 4. The summed E-state index contributed by atoms with van der Waals surface area (Å²) in [6.07, 6.45) is 0. The Balaban J connectivity index is 2.52. The van der Waals surface area contributed by atoms with E-state index in [2.05, 4.69) is 0 Å². The summed E-state index contributed by atoms with van der Waals surface area (Å²) >= 11 is 0. The van der Waals surface area contributed by atoms with Gasteiger partial charge in [-0.3, -0.25) is 4.79 Å². The third kappa shape index (κ3) is 1.20. The lowest BCUT2D eigenvalue weighted by Crippen LogP contribution is -2.33. The van der Waals surface area contributed by atoms with Crippen molar-refractivity contribution in [1.29, 1.82) is 0 Å². The standard InChI is InChI=1S/C10H8O4/c11-5-7-6-3-1-2-4-8(6)14-10(13)9(7)12/h1-4,7,11H,5H2. The van der Waals surface area contributed by atoms with Crippen LogP contribution in [0.25, 0.3) is 0 Å². The van der Waals surface area contributed by atoms with Gasteiger partial charge in [-0.05, 0) is 6.07 Å². The number of fused-ring (bicyclic) bond motifs is 1. The Labute approximate surface area is 80.1 Å². The number of rotatable bonds is 1.